The summed E-state index contributed by atoms with van der Waals surface area (Å²) in [5, 5.41) is 11.0. The van der Waals surface area contributed by atoms with Crippen LogP contribution < -0.4 is 4.74 Å². The zero-order valence-electron chi connectivity index (χ0n) is 11.8. The van der Waals surface area contributed by atoms with Crippen molar-refractivity contribution in [3.05, 3.63) is 68.8 Å². The van der Waals surface area contributed by atoms with Gasteiger partial charge in [0.1, 0.15) is 12.9 Å². The normalized spacial score (nSPS) is 10.2. The molecule has 2 aromatic carbocycles. The highest BCUT2D eigenvalue weighted by Gasteiger charge is 2.16. The smallest absolute Gasteiger partial charge is 0.310 e. The predicted octanol–water partition coefficient (Wildman–Crippen LogP) is 3.60. The summed E-state index contributed by atoms with van der Waals surface area (Å²) in [6.45, 7) is 4.14. The number of ether oxygens (including phenoxy) is 1. The first-order valence-corrected chi connectivity index (χ1v) is 6.44. The largest absolute Gasteiger partial charge is 0.482 e. The highest BCUT2D eigenvalue weighted by molar-refractivity contribution is 5.76. The average molecular weight is 285 g/mol. The Kier molecular flexibility index (Phi) is 4.33. The molecular weight excluding hydrogens is 270 g/mol. The Labute approximate surface area is 122 Å². The van der Waals surface area contributed by atoms with Crippen LogP contribution in [0.3, 0.4) is 0 Å². The number of nitro benzene ring substituents is 1. The second-order valence-corrected chi connectivity index (χ2v) is 4.82. The molecule has 0 fully saturated rings. The molecule has 0 aromatic heterocycles. The Morgan fingerprint density at radius 3 is 2.62 bits per heavy atom. The number of carbonyl (C=O) groups excluding carboxylic acids is 1. The van der Waals surface area contributed by atoms with E-state index in [-0.39, 0.29) is 18.0 Å². The van der Waals surface area contributed by atoms with Gasteiger partial charge in [0.2, 0.25) is 0 Å². The zero-order chi connectivity index (χ0) is 15.4. The summed E-state index contributed by atoms with van der Waals surface area (Å²) < 4.78 is 5.56. The molecule has 0 aliphatic rings. The summed E-state index contributed by atoms with van der Waals surface area (Å²) in [4.78, 5) is 21.3. The molecule has 0 atom stereocenters. The maximum Gasteiger partial charge on any atom is 0.310 e. The van der Waals surface area contributed by atoms with Gasteiger partial charge in [-0.05, 0) is 37.1 Å². The number of hydrogen-bond donors (Lipinski definition) is 0. The van der Waals surface area contributed by atoms with E-state index in [2.05, 4.69) is 0 Å². The van der Waals surface area contributed by atoms with Gasteiger partial charge in [-0.1, -0.05) is 23.8 Å². The summed E-state index contributed by atoms with van der Waals surface area (Å²) in [5.41, 5.74) is 3.30. The van der Waals surface area contributed by atoms with Crippen LogP contribution in [-0.4, -0.2) is 11.2 Å². The van der Waals surface area contributed by atoms with Crippen LogP contribution in [0, 0.1) is 24.0 Å². The van der Waals surface area contributed by atoms with Crippen molar-refractivity contribution in [2.45, 2.75) is 20.5 Å². The lowest BCUT2D eigenvalue weighted by molar-refractivity contribution is -0.385. The lowest BCUT2D eigenvalue weighted by atomic mass is 10.1. The molecule has 108 valence electrons. The summed E-state index contributed by atoms with van der Waals surface area (Å²) >= 11 is 0. The van der Waals surface area contributed by atoms with E-state index in [1.165, 1.54) is 18.2 Å². The Balaban J connectivity index is 2.28. The van der Waals surface area contributed by atoms with E-state index in [1.54, 1.807) is 0 Å². The SMILES string of the molecule is Cc1ccc(C)c(COc2cc(C=O)ccc2[N+](=O)[O-])c1. The van der Waals surface area contributed by atoms with Crippen LogP contribution in [0.4, 0.5) is 5.69 Å². The number of nitro groups is 1. The molecule has 5 heteroatoms. The van der Waals surface area contributed by atoms with Crippen molar-refractivity contribution in [2.75, 3.05) is 0 Å². The van der Waals surface area contributed by atoms with E-state index in [1.807, 2.05) is 32.0 Å². The first-order valence-electron chi connectivity index (χ1n) is 6.44. The lowest BCUT2D eigenvalue weighted by Gasteiger charge is -2.10. The van der Waals surface area contributed by atoms with Crippen LogP contribution in [0.1, 0.15) is 27.0 Å². The molecule has 5 nitrogen and oxygen atoms in total. The Morgan fingerprint density at radius 2 is 1.95 bits per heavy atom. The average Bonchev–Trinajstić information content (AvgIpc) is 2.47. The zero-order valence-corrected chi connectivity index (χ0v) is 11.8. The first kappa shape index (κ1) is 14.7. The summed E-state index contributed by atoms with van der Waals surface area (Å²) in [6, 6.07) is 10.0. The summed E-state index contributed by atoms with van der Waals surface area (Å²) in [7, 11) is 0. The van der Waals surface area contributed by atoms with Gasteiger partial charge in [-0.15, -0.1) is 0 Å². The molecule has 0 aliphatic heterocycles. The number of rotatable bonds is 5. The second kappa shape index (κ2) is 6.17. The highest BCUT2D eigenvalue weighted by atomic mass is 16.6. The second-order valence-electron chi connectivity index (χ2n) is 4.82. The molecule has 0 saturated carbocycles. The maximum absolute atomic E-state index is 11.0. The molecule has 0 spiro atoms. The van der Waals surface area contributed by atoms with Gasteiger partial charge >= 0.3 is 5.69 Å². The van der Waals surface area contributed by atoms with Crippen LogP contribution in [0.15, 0.2) is 36.4 Å². The van der Waals surface area contributed by atoms with Gasteiger partial charge in [-0.2, -0.15) is 0 Å². The molecule has 0 heterocycles. The van der Waals surface area contributed by atoms with Crippen molar-refractivity contribution < 1.29 is 14.5 Å². The first-order chi connectivity index (χ1) is 10.0. The van der Waals surface area contributed by atoms with Crippen molar-refractivity contribution in [3.8, 4) is 5.75 Å². The minimum atomic E-state index is -0.521. The Bertz CT molecular complexity index is 695. The van der Waals surface area contributed by atoms with Crippen molar-refractivity contribution in [3.63, 3.8) is 0 Å². The fraction of sp³-hybridized carbons (Fsp3) is 0.188. The molecule has 0 unspecified atom stereocenters. The molecule has 0 aliphatic carbocycles. The van der Waals surface area contributed by atoms with Crippen molar-refractivity contribution in [2.24, 2.45) is 0 Å². The summed E-state index contributed by atoms with van der Waals surface area (Å²) in [5.74, 6) is 0.102. The quantitative estimate of drug-likeness (QED) is 0.478. The predicted molar refractivity (Wildman–Crippen MR) is 78.7 cm³/mol. The third-order valence-electron chi connectivity index (χ3n) is 3.20. The number of aldehydes is 1. The van der Waals surface area contributed by atoms with E-state index in [9.17, 15) is 14.9 Å². The highest BCUT2D eigenvalue weighted by Crippen LogP contribution is 2.28. The van der Waals surface area contributed by atoms with Gasteiger partial charge in [-0.25, -0.2) is 0 Å². The molecule has 2 rings (SSSR count). The Hall–Kier alpha value is -2.69. The van der Waals surface area contributed by atoms with E-state index < -0.39 is 4.92 Å². The van der Waals surface area contributed by atoms with Crippen molar-refractivity contribution in [1.82, 2.24) is 0 Å². The van der Waals surface area contributed by atoms with Crippen LogP contribution >= 0.6 is 0 Å². The fourth-order valence-corrected chi connectivity index (χ4v) is 1.98. The van der Waals surface area contributed by atoms with Gasteiger partial charge in [-0.3, -0.25) is 14.9 Å². The topological polar surface area (TPSA) is 69.4 Å². The van der Waals surface area contributed by atoms with Gasteiger partial charge < -0.3 is 4.74 Å². The molecule has 0 amide bonds. The minimum Gasteiger partial charge on any atom is -0.482 e. The van der Waals surface area contributed by atoms with Gasteiger partial charge in [0, 0.05) is 11.6 Å². The number of hydrogen-bond acceptors (Lipinski definition) is 4. The standard InChI is InChI=1S/C16H15NO4/c1-11-3-4-12(2)14(7-11)10-21-16-8-13(9-18)5-6-15(16)17(19)20/h3-9H,10H2,1-2H3. The van der Waals surface area contributed by atoms with E-state index in [0.29, 0.717) is 11.8 Å². The molecular formula is C16H15NO4. The molecule has 0 saturated heterocycles. The van der Waals surface area contributed by atoms with E-state index in [0.717, 1.165) is 16.7 Å². The van der Waals surface area contributed by atoms with E-state index >= 15 is 0 Å². The van der Waals surface area contributed by atoms with Crippen LogP contribution in [0.5, 0.6) is 5.75 Å². The van der Waals surface area contributed by atoms with Gasteiger partial charge in [0.25, 0.3) is 0 Å². The summed E-state index contributed by atoms with van der Waals surface area (Å²) in [6.07, 6.45) is 0.633. The van der Waals surface area contributed by atoms with Gasteiger partial charge in [0.15, 0.2) is 5.75 Å². The molecule has 0 N–H and O–H groups in total. The lowest BCUT2D eigenvalue weighted by Crippen LogP contribution is -2.01. The molecule has 0 bridgehead atoms. The number of nitrogens with zero attached hydrogens (tertiary/aromatic N) is 1. The number of aryl methyl sites for hydroxylation is 2. The van der Waals surface area contributed by atoms with Crippen molar-refractivity contribution >= 4 is 12.0 Å². The van der Waals surface area contributed by atoms with Crippen LogP contribution in [0.2, 0.25) is 0 Å². The minimum absolute atomic E-state index is 0.102. The maximum atomic E-state index is 11.0. The number of carbonyl (C=O) groups is 1. The Morgan fingerprint density at radius 1 is 1.19 bits per heavy atom. The molecule has 0 radical (unpaired) electrons. The van der Waals surface area contributed by atoms with E-state index in [4.69, 9.17) is 4.74 Å². The molecule has 2 aromatic rings. The van der Waals surface area contributed by atoms with Crippen LogP contribution in [0.25, 0.3) is 0 Å². The van der Waals surface area contributed by atoms with Crippen molar-refractivity contribution in [1.29, 1.82) is 0 Å². The van der Waals surface area contributed by atoms with Gasteiger partial charge in [0.05, 0.1) is 4.92 Å². The van der Waals surface area contributed by atoms with Crippen LogP contribution in [-0.2, 0) is 6.61 Å². The third kappa shape index (κ3) is 3.45. The third-order valence-corrected chi connectivity index (χ3v) is 3.20. The fourth-order valence-electron chi connectivity index (χ4n) is 1.98. The number of benzene rings is 2. The molecule has 21 heavy (non-hydrogen) atoms. The monoisotopic (exact) mass is 285 g/mol.